The van der Waals surface area contributed by atoms with Gasteiger partial charge in [0, 0.05) is 26.2 Å². The molecular weight excluding hydrogens is 577 g/mol. The molecule has 0 aliphatic carbocycles. The summed E-state index contributed by atoms with van der Waals surface area (Å²) in [5.74, 6) is -2.85. The summed E-state index contributed by atoms with van der Waals surface area (Å²) in [4.78, 5) is 54.8. The molecule has 13 heteroatoms. The molecule has 5 aromatic rings. The number of nitrogens with one attached hydrogen (secondary N) is 3. The molecule has 0 spiro atoms. The summed E-state index contributed by atoms with van der Waals surface area (Å²) >= 11 is 1.44. The van der Waals surface area contributed by atoms with E-state index in [0.29, 0.717) is 17.8 Å². The molecule has 3 aromatic heterocycles. The molecular formula is C30H26FN5O6S. The van der Waals surface area contributed by atoms with Gasteiger partial charge < -0.3 is 25.8 Å². The molecule has 5 rings (SSSR count). The molecule has 0 fully saturated rings. The monoisotopic (exact) mass is 603 g/mol. The highest BCUT2D eigenvalue weighted by Crippen LogP contribution is 2.23. The number of hydrogen-bond donors (Lipinski definition) is 5. The van der Waals surface area contributed by atoms with Crippen LogP contribution in [0.2, 0.25) is 0 Å². The zero-order chi connectivity index (χ0) is 30.9. The second kappa shape index (κ2) is 13.9. The SMILES string of the molecule is Cn1cnc(C(=O)NCc2ccc(F)cc2)c(O)c1=O.O=C(NCc1ccccc1)c1[nH]c(-c2cccs2)cc(=O)c1O. The molecule has 0 bridgehead atoms. The van der Waals surface area contributed by atoms with Crippen LogP contribution in [0.3, 0.4) is 0 Å². The number of H-pyrrole nitrogens is 1. The predicted molar refractivity (Wildman–Crippen MR) is 158 cm³/mol. The number of aromatic hydroxyl groups is 2. The number of thiophene rings is 1. The number of nitrogens with zero attached hydrogens (tertiary/aromatic N) is 2. The van der Waals surface area contributed by atoms with Crippen LogP contribution in [-0.2, 0) is 20.1 Å². The predicted octanol–water partition coefficient (Wildman–Crippen LogP) is 3.29. The molecule has 220 valence electrons. The number of halogens is 1. The van der Waals surface area contributed by atoms with Crippen LogP contribution in [0.25, 0.3) is 10.6 Å². The zero-order valence-corrected chi connectivity index (χ0v) is 23.5. The van der Waals surface area contributed by atoms with E-state index in [0.717, 1.165) is 21.3 Å². The van der Waals surface area contributed by atoms with Crippen LogP contribution in [0, 0.1) is 5.82 Å². The minimum atomic E-state index is -0.702. The third-order valence-electron chi connectivity index (χ3n) is 6.00. The van der Waals surface area contributed by atoms with Crippen molar-refractivity contribution in [3.05, 3.63) is 133 Å². The van der Waals surface area contributed by atoms with E-state index in [2.05, 4.69) is 20.6 Å². The maximum atomic E-state index is 12.7. The van der Waals surface area contributed by atoms with Gasteiger partial charge in [-0.1, -0.05) is 48.5 Å². The Morgan fingerprint density at radius 1 is 0.907 bits per heavy atom. The minimum Gasteiger partial charge on any atom is -0.503 e. The third-order valence-corrected chi connectivity index (χ3v) is 6.91. The molecule has 2 aromatic carbocycles. The molecule has 3 heterocycles. The van der Waals surface area contributed by atoms with Crippen LogP contribution in [-0.4, -0.2) is 36.6 Å². The molecule has 0 aliphatic heterocycles. The maximum absolute atomic E-state index is 12.7. The summed E-state index contributed by atoms with van der Waals surface area (Å²) in [7, 11) is 1.41. The average molecular weight is 604 g/mol. The lowest BCUT2D eigenvalue weighted by molar-refractivity contribution is 0.0934. The van der Waals surface area contributed by atoms with Crippen LogP contribution < -0.4 is 21.6 Å². The largest absolute Gasteiger partial charge is 0.503 e. The van der Waals surface area contributed by atoms with E-state index in [-0.39, 0.29) is 23.7 Å². The summed E-state index contributed by atoms with van der Waals surface area (Å²) in [6.07, 6.45) is 1.15. The second-order valence-corrected chi connectivity index (χ2v) is 10.0. The van der Waals surface area contributed by atoms with Crippen molar-refractivity contribution in [1.29, 1.82) is 0 Å². The Labute approximate surface area is 247 Å². The molecule has 0 aliphatic rings. The number of carbonyl (C=O) groups is 2. The molecule has 2 amide bonds. The molecule has 0 saturated heterocycles. The van der Waals surface area contributed by atoms with Gasteiger partial charge in [-0.3, -0.25) is 23.7 Å². The van der Waals surface area contributed by atoms with Gasteiger partial charge in [-0.25, -0.2) is 9.37 Å². The van der Waals surface area contributed by atoms with Crippen molar-refractivity contribution in [3.63, 3.8) is 0 Å². The number of amides is 2. The van der Waals surface area contributed by atoms with E-state index in [4.69, 9.17) is 0 Å². The molecule has 0 atom stereocenters. The lowest BCUT2D eigenvalue weighted by atomic mass is 10.2. The average Bonchev–Trinajstić information content (AvgIpc) is 3.56. The molecule has 0 radical (unpaired) electrons. The van der Waals surface area contributed by atoms with Crippen molar-refractivity contribution in [2.75, 3.05) is 0 Å². The first-order valence-corrected chi connectivity index (χ1v) is 13.6. The number of aromatic nitrogens is 3. The smallest absolute Gasteiger partial charge is 0.296 e. The van der Waals surface area contributed by atoms with E-state index < -0.39 is 34.3 Å². The lowest BCUT2D eigenvalue weighted by Gasteiger charge is -2.08. The molecule has 0 unspecified atom stereocenters. The highest BCUT2D eigenvalue weighted by molar-refractivity contribution is 7.13. The Balaban J connectivity index is 0.000000199. The summed E-state index contributed by atoms with van der Waals surface area (Å²) in [6.45, 7) is 0.444. The fourth-order valence-corrected chi connectivity index (χ4v) is 4.41. The number of hydrogen-bond acceptors (Lipinski definition) is 8. The van der Waals surface area contributed by atoms with Gasteiger partial charge >= 0.3 is 0 Å². The second-order valence-electron chi connectivity index (χ2n) is 9.08. The van der Waals surface area contributed by atoms with Gasteiger partial charge in [0.15, 0.2) is 17.1 Å². The first-order chi connectivity index (χ1) is 20.6. The van der Waals surface area contributed by atoms with Crippen LogP contribution >= 0.6 is 11.3 Å². The normalized spacial score (nSPS) is 10.4. The summed E-state index contributed by atoms with van der Waals surface area (Å²) in [5, 5.41) is 26.5. The summed E-state index contributed by atoms with van der Waals surface area (Å²) < 4.78 is 13.8. The highest BCUT2D eigenvalue weighted by atomic mass is 32.1. The van der Waals surface area contributed by atoms with Crippen molar-refractivity contribution >= 4 is 23.2 Å². The van der Waals surface area contributed by atoms with Crippen molar-refractivity contribution in [2.24, 2.45) is 7.05 Å². The summed E-state index contributed by atoms with van der Waals surface area (Å²) in [5.41, 5.74) is 0.365. The van der Waals surface area contributed by atoms with E-state index in [1.807, 2.05) is 47.8 Å². The Kier molecular flexibility index (Phi) is 9.81. The van der Waals surface area contributed by atoms with Crippen molar-refractivity contribution < 1.29 is 24.2 Å². The number of aryl methyl sites for hydroxylation is 1. The third kappa shape index (κ3) is 7.80. The van der Waals surface area contributed by atoms with Gasteiger partial charge in [-0.15, -0.1) is 11.3 Å². The molecule has 11 nitrogen and oxygen atoms in total. The fraction of sp³-hybridized carbons (Fsp3) is 0.100. The Hall–Kier alpha value is -5.56. The Bertz CT molecular complexity index is 1840. The van der Waals surface area contributed by atoms with Gasteiger partial charge in [0.05, 0.1) is 16.9 Å². The van der Waals surface area contributed by atoms with Crippen LogP contribution in [0.1, 0.15) is 32.1 Å². The maximum Gasteiger partial charge on any atom is 0.296 e. The van der Waals surface area contributed by atoms with E-state index >= 15 is 0 Å². The summed E-state index contributed by atoms with van der Waals surface area (Å²) in [6, 6.07) is 19.9. The van der Waals surface area contributed by atoms with Crippen LogP contribution in [0.4, 0.5) is 4.39 Å². The standard InChI is InChI=1S/C17H14N2O3S.C13H12FN3O3/c20-13-9-12(14-7-4-8-23-14)19-15(16(13)21)17(22)18-10-11-5-2-1-3-6-11;1-17-7-16-10(11(18)13(17)20)12(19)15-6-8-2-4-9(14)5-3-8/h1-9,21H,10H2,(H,18,22)(H,19,20);2-5,7,18H,6H2,1H3,(H,15,19). The van der Waals surface area contributed by atoms with Crippen LogP contribution in [0.5, 0.6) is 11.5 Å². The number of rotatable bonds is 7. The van der Waals surface area contributed by atoms with Gasteiger partial charge in [-0.2, -0.15) is 0 Å². The Morgan fingerprint density at radius 3 is 2.21 bits per heavy atom. The first-order valence-electron chi connectivity index (χ1n) is 12.7. The quantitative estimate of drug-likeness (QED) is 0.190. The van der Waals surface area contributed by atoms with Crippen molar-refractivity contribution in [3.8, 4) is 22.1 Å². The number of aromatic amines is 1. The highest BCUT2D eigenvalue weighted by Gasteiger charge is 2.18. The van der Waals surface area contributed by atoms with E-state index in [1.165, 1.54) is 48.7 Å². The number of benzene rings is 2. The number of pyridine rings is 1. The zero-order valence-electron chi connectivity index (χ0n) is 22.7. The van der Waals surface area contributed by atoms with Gasteiger partial charge in [0.2, 0.25) is 11.2 Å². The van der Waals surface area contributed by atoms with E-state index in [9.17, 15) is 33.8 Å². The van der Waals surface area contributed by atoms with Crippen molar-refractivity contribution in [1.82, 2.24) is 25.2 Å². The fourth-order valence-electron chi connectivity index (χ4n) is 3.71. The van der Waals surface area contributed by atoms with Gasteiger partial charge in [-0.05, 0) is 34.7 Å². The molecule has 43 heavy (non-hydrogen) atoms. The lowest BCUT2D eigenvalue weighted by Crippen LogP contribution is -2.27. The van der Waals surface area contributed by atoms with Gasteiger partial charge in [0.25, 0.3) is 17.4 Å². The first kappa shape index (κ1) is 30.4. The van der Waals surface area contributed by atoms with Crippen molar-refractivity contribution in [2.45, 2.75) is 13.1 Å². The molecule has 0 saturated carbocycles. The topological polar surface area (TPSA) is 166 Å². The minimum absolute atomic E-state index is 0.128. The number of carbonyl (C=O) groups excluding carboxylic acids is 2. The Morgan fingerprint density at radius 2 is 1.56 bits per heavy atom. The van der Waals surface area contributed by atoms with Crippen LogP contribution in [0.15, 0.2) is 94.1 Å². The molecule has 5 N–H and O–H groups in total. The van der Waals surface area contributed by atoms with E-state index in [1.54, 1.807) is 0 Å². The van der Waals surface area contributed by atoms with Gasteiger partial charge in [0.1, 0.15) is 5.82 Å².